The molecule has 7 nitrogen and oxygen atoms in total. The number of hydrogen-bond donors (Lipinski definition) is 0. The number of benzene rings is 2. The summed E-state index contributed by atoms with van der Waals surface area (Å²) in [5.74, 6) is -2.77. The summed E-state index contributed by atoms with van der Waals surface area (Å²) < 4.78 is 117. The molecule has 0 atom stereocenters. The minimum Gasteiger partial charge on any atom is -0.484 e. The van der Waals surface area contributed by atoms with Gasteiger partial charge in [-0.15, -0.1) is 0 Å². The Morgan fingerprint density at radius 1 is 0.872 bits per heavy atom. The Kier molecular flexibility index (Phi) is 6.44. The number of imidazole rings is 1. The van der Waals surface area contributed by atoms with Gasteiger partial charge in [0, 0.05) is 11.6 Å². The molecular formula is C24H13F8N5O2. The van der Waals surface area contributed by atoms with Gasteiger partial charge in [-0.2, -0.15) is 31.4 Å². The van der Waals surface area contributed by atoms with Crippen molar-refractivity contribution >= 4 is 0 Å². The molecule has 0 aliphatic carbocycles. The van der Waals surface area contributed by atoms with E-state index in [1.165, 1.54) is 35.3 Å². The lowest BCUT2D eigenvalue weighted by Gasteiger charge is -2.14. The number of alkyl halides is 6. The summed E-state index contributed by atoms with van der Waals surface area (Å²) in [4.78, 5) is 8.32. The number of halogens is 8. The Morgan fingerprint density at radius 2 is 1.64 bits per heavy atom. The molecule has 2 aromatic carbocycles. The van der Waals surface area contributed by atoms with E-state index in [0.29, 0.717) is 6.07 Å². The summed E-state index contributed by atoms with van der Waals surface area (Å²) >= 11 is 0. The van der Waals surface area contributed by atoms with E-state index in [1.807, 2.05) is 0 Å². The second kappa shape index (κ2) is 9.63. The van der Waals surface area contributed by atoms with Gasteiger partial charge >= 0.3 is 12.4 Å². The Labute approximate surface area is 213 Å². The van der Waals surface area contributed by atoms with Gasteiger partial charge in [-0.25, -0.2) is 18.7 Å². The molecule has 0 unspecified atom stereocenters. The lowest BCUT2D eigenvalue weighted by molar-refractivity contribution is -0.153. The van der Waals surface area contributed by atoms with Gasteiger partial charge in [-0.1, -0.05) is 11.2 Å². The van der Waals surface area contributed by atoms with Crippen LogP contribution in [0.4, 0.5) is 35.1 Å². The van der Waals surface area contributed by atoms with E-state index in [0.717, 1.165) is 18.2 Å². The standard InChI is InChI=1S/C24H13F8N5O2/c25-17-3-1-2-15(21(17)26)22-34-19-8-33-37(10-20(19)35-22)9-13-7-18(36-39-13)14-5-4-12(38-11-23(27,28)29)6-16(14)24(30,31)32/h1-8,10H,9,11H2. The average molecular weight is 555 g/mol. The lowest BCUT2D eigenvalue weighted by atomic mass is 10.0. The van der Waals surface area contributed by atoms with Crippen molar-refractivity contribution in [3.8, 4) is 39.8 Å². The summed E-state index contributed by atoms with van der Waals surface area (Å²) in [6.07, 6.45) is -6.93. The van der Waals surface area contributed by atoms with Gasteiger partial charge in [0.2, 0.25) is 0 Å². The molecule has 2 aliphatic rings. The van der Waals surface area contributed by atoms with E-state index in [9.17, 15) is 35.1 Å². The van der Waals surface area contributed by atoms with Crippen LogP contribution in [0.1, 0.15) is 11.3 Å². The molecule has 0 spiro atoms. The van der Waals surface area contributed by atoms with Gasteiger partial charge in [-0.3, -0.25) is 4.68 Å². The molecule has 3 aromatic rings. The largest absolute Gasteiger partial charge is 0.484 e. The molecule has 0 saturated carbocycles. The van der Waals surface area contributed by atoms with E-state index in [-0.39, 0.29) is 40.8 Å². The van der Waals surface area contributed by atoms with Crippen molar-refractivity contribution in [3.63, 3.8) is 0 Å². The number of fused-ring (bicyclic) bond motifs is 1. The fourth-order valence-electron chi connectivity index (χ4n) is 3.65. The van der Waals surface area contributed by atoms with Crippen LogP contribution in [0.15, 0.2) is 59.4 Å². The molecule has 0 N–H and O–H groups in total. The molecule has 15 heteroatoms. The fraction of sp³-hybridized carbons (Fsp3) is 0.167. The van der Waals surface area contributed by atoms with Crippen LogP contribution in [0.2, 0.25) is 0 Å². The topological polar surface area (TPSA) is 78.9 Å². The maximum absolute atomic E-state index is 14.1. The number of ether oxygens (including phenoxy) is 1. The Morgan fingerprint density at radius 3 is 2.38 bits per heavy atom. The number of aromatic nitrogens is 5. The molecule has 0 fully saturated rings. The van der Waals surface area contributed by atoms with Crippen LogP contribution in [0.5, 0.6) is 5.75 Å². The molecule has 0 radical (unpaired) electrons. The summed E-state index contributed by atoms with van der Waals surface area (Å²) in [5.41, 5.74) is -1.51. The third-order valence-corrected chi connectivity index (χ3v) is 5.36. The molecule has 1 aromatic heterocycles. The van der Waals surface area contributed by atoms with Gasteiger partial charge in [-0.05, 0) is 30.3 Å². The van der Waals surface area contributed by atoms with E-state index in [2.05, 4.69) is 25.0 Å². The van der Waals surface area contributed by atoms with Crippen LogP contribution in [0, 0.1) is 11.6 Å². The van der Waals surface area contributed by atoms with Gasteiger partial charge in [0.15, 0.2) is 29.8 Å². The Bertz CT molecular complexity index is 1610. The van der Waals surface area contributed by atoms with Crippen molar-refractivity contribution in [1.82, 2.24) is 24.9 Å². The van der Waals surface area contributed by atoms with E-state index in [4.69, 9.17) is 4.52 Å². The van der Waals surface area contributed by atoms with Crippen LogP contribution >= 0.6 is 0 Å². The smallest absolute Gasteiger partial charge is 0.422 e. The fourth-order valence-corrected chi connectivity index (χ4v) is 3.65. The summed E-state index contributed by atoms with van der Waals surface area (Å²) in [6.45, 7) is -1.85. The van der Waals surface area contributed by atoms with E-state index in [1.54, 1.807) is 0 Å². The maximum atomic E-state index is 14.1. The van der Waals surface area contributed by atoms with Crippen LogP contribution in [-0.4, -0.2) is 37.7 Å². The molecule has 0 bridgehead atoms. The molecule has 202 valence electrons. The van der Waals surface area contributed by atoms with Gasteiger partial charge < -0.3 is 9.26 Å². The number of nitrogens with zero attached hydrogens (tertiary/aromatic N) is 5. The van der Waals surface area contributed by atoms with Crippen LogP contribution in [-0.2, 0) is 12.7 Å². The highest BCUT2D eigenvalue weighted by atomic mass is 19.4. The van der Waals surface area contributed by atoms with Crippen LogP contribution < -0.4 is 4.74 Å². The third-order valence-electron chi connectivity index (χ3n) is 5.36. The molecule has 2 aliphatic heterocycles. The predicted octanol–water partition coefficient (Wildman–Crippen LogP) is 6.39. The van der Waals surface area contributed by atoms with Crippen LogP contribution in [0.25, 0.3) is 34.0 Å². The van der Waals surface area contributed by atoms with Gasteiger partial charge in [0.05, 0.1) is 23.5 Å². The first-order valence-electron chi connectivity index (χ1n) is 10.9. The van der Waals surface area contributed by atoms with Gasteiger partial charge in [0.25, 0.3) is 0 Å². The molecule has 3 heterocycles. The highest BCUT2D eigenvalue weighted by molar-refractivity contribution is 5.66. The molecule has 5 rings (SSSR count). The minimum absolute atomic E-state index is 0.0640. The zero-order chi connectivity index (χ0) is 27.9. The van der Waals surface area contributed by atoms with E-state index >= 15 is 0 Å². The van der Waals surface area contributed by atoms with Crippen molar-refractivity contribution in [1.29, 1.82) is 0 Å². The summed E-state index contributed by atoms with van der Waals surface area (Å²) in [7, 11) is 0. The van der Waals surface area contributed by atoms with Gasteiger partial charge in [0.1, 0.15) is 29.4 Å². The highest BCUT2D eigenvalue weighted by Gasteiger charge is 2.36. The predicted molar refractivity (Wildman–Crippen MR) is 117 cm³/mol. The first-order chi connectivity index (χ1) is 18.4. The molecule has 0 saturated heterocycles. The van der Waals surface area contributed by atoms with Crippen molar-refractivity contribution in [2.24, 2.45) is 0 Å². The second-order valence-electron chi connectivity index (χ2n) is 8.18. The van der Waals surface area contributed by atoms with Crippen molar-refractivity contribution in [3.05, 3.63) is 77.8 Å². The number of hydrogen-bond acceptors (Lipinski definition) is 6. The number of rotatable bonds is 6. The monoisotopic (exact) mass is 555 g/mol. The quantitative estimate of drug-likeness (QED) is 0.226. The Hall–Kier alpha value is -4.56. The third kappa shape index (κ3) is 5.66. The molecule has 39 heavy (non-hydrogen) atoms. The summed E-state index contributed by atoms with van der Waals surface area (Å²) in [5, 5.41) is 7.76. The van der Waals surface area contributed by atoms with E-state index < -0.39 is 47.5 Å². The average Bonchev–Trinajstić information content (AvgIpc) is 3.50. The molecule has 0 amide bonds. The molecular weight excluding hydrogens is 542 g/mol. The lowest BCUT2D eigenvalue weighted by Crippen LogP contribution is -2.19. The zero-order valence-electron chi connectivity index (χ0n) is 19.2. The Balaban J connectivity index is 1.39. The van der Waals surface area contributed by atoms with Crippen molar-refractivity contribution in [2.75, 3.05) is 6.61 Å². The maximum Gasteiger partial charge on any atom is 0.422 e. The summed E-state index contributed by atoms with van der Waals surface area (Å²) in [6, 6.07) is 7.13. The second-order valence-corrected chi connectivity index (χ2v) is 8.18. The first-order valence-corrected chi connectivity index (χ1v) is 10.9. The van der Waals surface area contributed by atoms with Crippen molar-refractivity contribution < 1.29 is 44.4 Å². The normalized spacial score (nSPS) is 12.3. The first kappa shape index (κ1) is 26.1. The van der Waals surface area contributed by atoms with Crippen LogP contribution in [0.3, 0.4) is 0 Å². The van der Waals surface area contributed by atoms with Crippen molar-refractivity contribution in [2.45, 2.75) is 18.9 Å². The SMILES string of the molecule is Fc1cccc(-c2nc3cnn(Cc4cc(-c5ccc(OCC(F)(F)F)cc5C(F)(F)F)no4)cc-3n2)c1F. The minimum atomic E-state index is -4.93. The zero-order valence-corrected chi connectivity index (χ0v) is 19.2. The highest BCUT2D eigenvalue weighted by Crippen LogP contribution is 2.39.